The van der Waals surface area contributed by atoms with E-state index in [2.05, 4.69) is 9.88 Å². The molecule has 8 rings (SSSR count). The highest BCUT2D eigenvalue weighted by Gasteiger charge is 2.49. The van der Waals surface area contributed by atoms with Gasteiger partial charge in [-0.3, -0.25) is 4.90 Å². The van der Waals surface area contributed by atoms with E-state index in [9.17, 15) is 19.1 Å². The largest absolute Gasteiger partial charge is 0.491 e. The van der Waals surface area contributed by atoms with Gasteiger partial charge in [0, 0.05) is 36.9 Å². The second-order valence-corrected chi connectivity index (χ2v) is 14.0. The molecule has 3 fully saturated rings. The van der Waals surface area contributed by atoms with Crippen LogP contribution in [-0.4, -0.2) is 89.9 Å². The molecule has 0 saturated carbocycles. The quantitative estimate of drug-likeness (QED) is 0.296. The van der Waals surface area contributed by atoms with Crippen molar-refractivity contribution >= 4 is 54.7 Å². The van der Waals surface area contributed by atoms with Crippen LogP contribution in [-0.2, 0) is 4.74 Å². The van der Waals surface area contributed by atoms with Crippen LogP contribution in [0.25, 0.3) is 32.1 Å². The summed E-state index contributed by atoms with van der Waals surface area (Å²) in [5.74, 6) is -1.12. The lowest BCUT2D eigenvalue weighted by Crippen LogP contribution is -2.46. The van der Waals surface area contributed by atoms with Gasteiger partial charge in [-0.2, -0.15) is 15.2 Å². The summed E-state index contributed by atoms with van der Waals surface area (Å²) in [6.45, 7) is 2.04. The number of hydrogen-bond acceptors (Lipinski definition) is 11. The molecule has 246 valence electrons. The molecular weight excluding hydrogens is 657 g/mol. The highest BCUT2D eigenvalue weighted by Crippen LogP contribution is 2.51. The van der Waals surface area contributed by atoms with Crippen LogP contribution in [0.4, 0.5) is 24.0 Å². The lowest BCUT2D eigenvalue weighted by atomic mass is 9.95. The van der Waals surface area contributed by atoms with E-state index in [0.717, 1.165) is 30.7 Å². The van der Waals surface area contributed by atoms with Crippen LogP contribution in [0.2, 0.25) is 5.02 Å². The zero-order valence-electron chi connectivity index (χ0n) is 25.1. The predicted molar refractivity (Wildman–Crippen MR) is 171 cm³/mol. The zero-order chi connectivity index (χ0) is 32.6. The highest BCUT2D eigenvalue weighted by molar-refractivity contribution is 7.23. The first kappa shape index (κ1) is 30.7. The van der Waals surface area contributed by atoms with Gasteiger partial charge >= 0.3 is 6.01 Å². The molecule has 10 nitrogen and oxygen atoms in total. The molecule has 3 saturated heterocycles. The van der Waals surface area contributed by atoms with Crippen LogP contribution in [0, 0.1) is 23.0 Å². The Kier molecular flexibility index (Phi) is 7.53. The first-order valence-corrected chi connectivity index (χ1v) is 16.7. The number of aromatic nitrogens is 2. The number of alkyl halides is 1. The van der Waals surface area contributed by atoms with E-state index in [4.69, 9.17) is 36.5 Å². The van der Waals surface area contributed by atoms with Crippen LogP contribution in [0.1, 0.15) is 31.2 Å². The molecule has 0 amide bonds. The third-order valence-electron chi connectivity index (χ3n) is 9.91. The molecule has 2 aromatic carbocycles. The molecule has 4 atom stereocenters. The summed E-state index contributed by atoms with van der Waals surface area (Å²) < 4.78 is 64.9. The van der Waals surface area contributed by atoms with Crippen molar-refractivity contribution in [3.05, 3.63) is 34.4 Å². The highest BCUT2D eigenvalue weighted by atomic mass is 35.5. The summed E-state index contributed by atoms with van der Waals surface area (Å²) in [6, 6.07) is 3.94. The number of halogens is 4. The van der Waals surface area contributed by atoms with Crippen molar-refractivity contribution in [1.29, 1.82) is 5.26 Å². The van der Waals surface area contributed by atoms with E-state index in [0.29, 0.717) is 25.9 Å². The van der Waals surface area contributed by atoms with Crippen LogP contribution >= 0.6 is 22.9 Å². The summed E-state index contributed by atoms with van der Waals surface area (Å²) in [7, 11) is 0. The Morgan fingerprint density at radius 3 is 2.91 bits per heavy atom. The lowest BCUT2D eigenvalue weighted by Gasteiger charge is -2.36. The second kappa shape index (κ2) is 11.5. The summed E-state index contributed by atoms with van der Waals surface area (Å²) in [5.41, 5.74) is 5.42. The fraction of sp³-hybridized carbons (Fsp3) is 0.469. The maximum absolute atomic E-state index is 17.2. The normalized spacial score (nSPS) is 26.0. The van der Waals surface area contributed by atoms with Gasteiger partial charge in [0.25, 0.3) is 0 Å². The molecule has 4 aliphatic rings. The van der Waals surface area contributed by atoms with Gasteiger partial charge in [-0.15, -0.1) is 11.3 Å². The van der Waals surface area contributed by atoms with E-state index in [-0.39, 0.29) is 91.7 Å². The molecule has 2 unspecified atom stereocenters. The monoisotopic (exact) mass is 686 g/mol. The Morgan fingerprint density at radius 1 is 1.23 bits per heavy atom. The maximum atomic E-state index is 17.2. The molecule has 6 heterocycles. The number of aliphatic hydroxyl groups excluding tert-OH is 1. The molecule has 0 spiro atoms. The summed E-state index contributed by atoms with van der Waals surface area (Å²) in [6.07, 6.45) is 0.498. The van der Waals surface area contributed by atoms with Crippen molar-refractivity contribution in [2.24, 2.45) is 0 Å². The minimum atomic E-state index is -0.969. The Morgan fingerprint density at radius 2 is 2.09 bits per heavy atom. The van der Waals surface area contributed by atoms with Gasteiger partial charge in [0.1, 0.15) is 41.0 Å². The number of nitrogens with two attached hydrogens (primary N) is 1. The Balaban J connectivity index is 1.36. The number of ether oxygens (including phenoxy) is 3. The predicted octanol–water partition coefficient (Wildman–Crippen LogP) is 5.20. The number of aliphatic hydroxyl groups is 1. The SMILES string of the molecule is N#Cc1c(N)sc2c(F)ccc(-c3c(Cl)c4c5c(nc(OC[C@@]67CCCN6C[C@H](F)C7)nc5c3F)N3CCOCC(O)C3CCO4)c12. The summed E-state index contributed by atoms with van der Waals surface area (Å²) in [4.78, 5) is 13.3. The number of thiophene rings is 1. The Labute approximate surface area is 276 Å². The number of fused-ring (bicyclic) bond motifs is 4. The minimum Gasteiger partial charge on any atom is -0.491 e. The average molecular weight is 687 g/mol. The van der Waals surface area contributed by atoms with Gasteiger partial charge in [0.05, 0.1) is 58.2 Å². The van der Waals surface area contributed by atoms with E-state index in [1.165, 1.54) is 12.1 Å². The molecule has 0 bridgehead atoms. The number of nitrogen functional groups attached to an aromatic ring is 1. The fourth-order valence-electron chi connectivity index (χ4n) is 7.78. The first-order chi connectivity index (χ1) is 22.7. The van der Waals surface area contributed by atoms with Gasteiger partial charge in [-0.25, -0.2) is 13.2 Å². The standard InChI is InChI=1S/C32H30ClF3N6O4S/c33-24-22(16-2-3-18(35)28-21(16)17(11-37)29(38)47-28)25(36)26-23-27(24)45-8-4-19-20(43)13-44-9-7-42(19)30(23)40-31(39-26)46-14-32-5-1-6-41(32)12-15(34)10-32/h2-3,15,19-20,43H,1,4-10,12-14,38H2/t15-,19?,20?,32+/m1/s1. The van der Waals surface area contributed by atoms with Gasteiger partial charge in [0.15, 0.2) is 11.6 Å². The van der Waals surface area contributed by atoms with Crippen LogP contribution in [0.15, 0.2) is 12.1 Å². The minimum absolute atomic E-state index is 0.00977. The van der Waals surface area contributed by atoms with Gasteiger partial charge in [0.2, 0.25) is 0 Å². The third kappa shape index (κ3) is 4.77. The topological polar surface area (TPSA) is 130 Å². The fourth-order valence-corrected chi connectivity index (χ4v) is 9.06. The van der Waals surface area contributed by atoms with Gasteiger partial charge < -0.3 is 30.0 Å². The van der Waals surface area contributed by atoms with Crippen molar-refractivity contribution in [3.63, 3.8) is 0 Å². The second-order valence-electron chi connectivity index (χ2n) is 12.5. The maximum Gasteiger partial charge on any atom is 0.319 e. The zero-order valence-corrected chi connectivity index (χ0v) is 26.6. The molecule has 4 aliphatic heterocycles. The van der Waals surface area contributed by atoms with E-state index in [1.54, 1.807) is 0 Å². The Hall–Kier alpha value is -3.61. The smallest absolute Gasteiger partial charge is 0.319 e. The molecule has 47 heavy (non-hydrogen) atoms. The summed E-state index contributed by atoms with van der Waals surface area (Å²) in [5, 5.41) is 21.2. The van der Waals surface area contributed by atoms with Crippen LogP contribution in [0.3, 0.4) is 0 Å². The lowest BCUT2D eigenvalue weighted by molar-refractivity contribution is 0.0402. The van der Waals surface area contributed by atoms with Crippen molar-refractivity contribution in [2.75, 3.05) is 56.7 Å². The van der Waals surface area contributed by atoms with E-state index >= 15 is 4.39 Å². The number of nitrogens with zero attached hydrogens (tertiary/aromatic N) is 5. The van der Waals surface area contributed by atoms with Gasteiger partial charge in [-0.1, -0.05) is 17.7 Å². The van der Waals surface area contributed by atoms with Gasteiger partial charge in [-0.05, 0) is 31.0 Å². The van der Waals surface area contributed by atoms with Crippen molar-refractivity contribution < 1.29 is 32.5 Å². The average Bonchev–Trinajstić information content (AvgIpc) is 3.64. The number of nitriles is 1. The van der Waals surface area contributed by atoms with Crippen molar-refractivity contribution in [3.8, 4) is 29.0 Å². The van der Waals surface area contributed by atoms with E-state index in [1.807, 2.05) is 11.0 Å². The molecule has 0 radical (unpaired) electrons. The Bertz CT molecular complexity index is 1980. The first-order valence-electron chi connectivity index (χ1n) is 15.5. The number of benzene rings is 2. The number of rotatable bonds is 4. The van der Waals surface area contributed by atoms with Crippen LogP contribution < -0.4 is 20.1 Å². The molecule has 3 N–H and O–H groups in total. The third-order valence-corrected chi connectivity index (χ3v) is 11.3. The molecule has 4 aromatic rings. The molecule has 0 aliphatic carbocycles. The molecule has 15 heteroatoms. The number of hydrogen-bond donors (Lipinski definition) is 2. The molecular formula is C32H30ClF3N6O4S. The number of anilines is 2. The van der Waals surface area contributed by atoms with Crippen LogP contribution in [0.5, 0.6) is 11.8 Å². The molecule has 2 aromatic heterocycles. The van der Waals surface area contributed by atoms with Crippen molar-refractivity contribution in [1.82, 2.24) is 14.9 Å². The van der Waals surface area contributed by atoms with Crippen molar-refractivity contribution in [2.45, 2.75) is 49.5 Å². The van der Waals surface area contributed by atoms with E-state index < -0.39 is 35.5 Å². The summed E-state index contributed by atoms with van der Waals surface area (Å²) >= 11 is 7.90.